The highest BCUT2D eigenvalue weighted by molar-refractivity contribution is 4.95. The van der Waals surface area contributed by atoms with Gasteiger partial charge in [-0.05, 0) is 45.2 Å². The highest BCUT2D eigenvalue weighted by Gasteiger charge is 2.35. The zero-order chi connectivity index (χ0) is 13.9. The number of likely N-dealkylation sites (tertiary alicyclic amines) is 1. The van der Waals surface area contributed by atoms with Gasteiger partial charge in [0.15, 0.2) is 0 Å². The second-order valence-electron chi connectivity index (χ2n) is 6.83. The monoisotopic (exact) mass is 267 g/mol. The van der Waals surface area contributed by atoms with Gasteiger partial charge in [-0.15, -0.1) is 0 Å². The molecule has 2 saturated heterocycles. The molecule has 3 atom stereocenters. The lowest BCUT2D eigenvalue weighted by atomic mass is 9.91. The van der Waals surface area contributed by atoms with Crippen LogP contribution in [-0.2, 0) is 0 Å². The van der Waals surface area contributed by atoms with Crippen molar-refractivity contribution in [1.29, 1.82) is 0 Å². The lowest BCUT2D eigenvalue weighted by Crippen LogP contribution is -2.63. The summed E-state index contributed by atoms with van der Waals surface area (Å²) in [5.41, 5.74) is 0.328. The van der Waals surface area contributed by atoms with Crippen LogP contribution in [0.25, 0.3) is 0 Å². The summed E-state index contributed by atoms with van der Waals surface area (Å²) in [5.74, 6) is 0.896. The summed E-state index contributed by atoms with van der Waals surface area (Å²) in [6, 6.07) is 0.746. The number of nitrogens with one attached hydrogen (secondary N) is 1. The number of nitrogens with zero attached hydrogens (tertiary/aromatic N) is 2. The molecule has 2 fully saturated rings. The molecule has 2 aliphatic rings. The SMILES string of the molecule is CCC1CNC(C)(CC)CN1CC1CCN(CC)C1. The molecule has 1 N–H and O–H groups in total. The smallest absolute Gasteiger partial charge is 0.0278 e. The molecule has 2 aliphatic heterocycles. The third-order valence-corrected chi connectivity index (χ3v) is 5.39. The van der Waals surface area contributed by atoms with Gasteiger partial charge in [0.1, 0.15) is 0 Å². The van der Waals surface area contributed by atoms with Gasteiger partial charge in [0.25, 0.3) is 0 Å². The maximum atomic E-state index is 3.77. The van der Waals surface area contributed by atoms with Crippen LogP contribution >= 0.6 is 0 Å². The summed E-state index contributed by atoms with van der Waals surface area (Å²) >= 11 is 0. The van der Waals surface area contributed by atoms with E-state index < -0.39 is 0 Å². The molecule has 0 aromatic rings. The number of piperazine rings is 1. The first-order valence-corrected chi connectivity index (χ1v) is 8.31. The van der Waals surface area contributed by atoms with Crippen LogP contribution < -0.4 is 5.32 Å². The van der Waals surface area contributed by atoms with Gasteiger partial charge >= 0.3 is 0 Å². The fourth-order valence-electron chi connectivity index (χ4n) is 3.66. The summed E-state index contributed by atoms with van der Waals surface area (Å²) in [6.45, 7) is 16.9. The van der Waals surface area contributed by atoms with Crippen LogP contribution in [0.15, 0.2) is 0 Å². The maximum Gasteiger partial charge on any atom is 0.0278 e. The second-order valence-corrected chi connectivity index (χ2v) is 6.83. The molecule has 2 rings (SSSR count). The van der Waals surface area contributed by atoms with Crippen molar-refractivity contribution in [3.8, 4) is 0 Å². The average Bonchev–Trinajstić information content (AvgIpc) is 2.87. The Morgan fingerprint density at radius 1 is 1.26 bits per heavy atom. The highest BCUT2D eigenvalue weighted by atomic mass is 15.3. The Hall–Kier alpha value is -0.120. The maximum absolute atomic E-state index is 3.77. The first-order chi connectivity index (χ1) is 9.10. The van der Waals surface area contributed by atoms with Gasteiger partial charge in [-0.1, -0.05) is 20.8 Å². The molecule has 19 heavy (non-hydrogen) atoms. The third-order valence-electron chi connectivity index (χ3n) is 5.39. The van der Waals surface area contributed by atoms with Crippen LogP contribution in [0.2, 0.25) is 0 Å². The molecule has 0 spiro atoms. The van der Waals surface area contributed by atoms with Gasteiger partial charge in [0.05, 0.1) is 0 Å². The quantitative estimate of drug-likeness (QED) is 0.824. The molecule has 112 valence electrons. The van der Waals surface area contributed by atoms with Crippen molar-refractivity contribution >= 4 is 0 Å². The summed E-state index contributed by atoms with van der Waals surface area (Å²) in [4.78, 5) is 5.39. The van der Waals surface area contributed by atoms with E-state index in [1.54, 1.807) is 0 Å². The first-order valence-electron chi connectivity index (χ1n) is 8.31. The van der Waals surface area contributed by atoms with Crippen molar-refractivity contribution < 1.29 is 0 Å². The fraction of sp³-hybridized carbons (Fsp3) is 1.00. The molecule has 2 heterocycles. The number of hydrogen-bond acceptors (Lipinski definition) is 3. The lowest BCUT2D eigenvalue weighted by Gasteiger charge is -2.46. The van der Waals surface area contributed by atoms with Crippen molar-refractivity contribution in [3.63, 3.8) is 0 Å². The fourth-order valence-corrected chi connectivity index (χ4v) is 3.66. The molecule has 0 aromatic heterocycles. The van der Waals surface area contributed by atoms with Gasteiger partial charge in [-0.3, -0.25) is 4.90 Å². The Balaban J connectivity index is 1.91. The lowest BCUT2D eigenvalue weighted by molar-refractivity contribution is 0.0683. The molecule has 0 aliphatic carbocycles. The van der Waals surface area contributed by atoms with Gasteiger partial charge in [0, 0.05) is 37.8 Å². The van der Waals surface area contributed by atoms with Gasteiger partial charge < -0.3 is 10.2 Å². The van der Waals surface area contributed by atoms with Gasteiger partial charge in [-0.2, -0.15) is 0 Å². The van der Waals surface area contributed by atoms with Crippen molar-refractivity contribution in [2.24, 2.45) is 5.92 Å². The molecule has 0 bridgehead atoms. The molecule has 0 amide bonds. The third kappa shape index (κ3) is 3.71. The zero-order valence-electron chi connectivity index (χ0n) is 13.4. The largest absolute Gasteiger partial charge is 0.309 e. The molecule has 3 nitrogen and oxygen atoms in total. The molecule has 3 heteroatoms. The minimum Gasteiger partial charge on any atom is -0.309 e. The minimum atomic E-state index is 0.328. The molecule has 0 radical (unpaired) electrons. The predicted octanol–water partition coefficient (Wildman–Crippen LogP) is 2.18. The topological polar surface area (TPSA) is 18.5 Å². The van der Waals surface area contributed by atoms with E-state index in [9.17, 15) is 0 Å². The van der Waals surface area contributed by atoms with Crippen molar-refractivity contribution in [1.82, 2.24) is 15.1 Å². The highest BCUT2D eigenvalue weighted by Crippen LogP contribution is 2.24. The van der Waals surface area contributed by atoms with Crippen LogP contribution in [0.5, 0.6) is 0 Å². The Morgan fingerprint density at radius 2 is 2.05 bits per heavy atom. The standard InChI is InChI=1S/C16H33N3/c1-5-15-10-17-16(4,6-2)13-19(15)12-14-8-9-18(7-3)11-14/h14-15,17H,5-13H2,1-4H3. The average molecular weight is 267 g/mol. The van der Waals surface area contributed by atoms with E-state index in [0.717, 1.165) is 12.0 Å². The zero-order valence-corrected chi connectivity index (χ0v) is 13.4. The Bertz CT molecular complexity index is 281. The van der Waals surface area contributed by atoms with E-state index in [1.165, 1.54) is 58.5 Å². The number of hydrogen-bond donors (Lipinski definition) is 1. The Morgan fingerprint density at radius 3 is 2.63 bits per heavy atom. The second kappa shape index (κ2) is 6.55. The van der Waals surface area contributed by atoms with Crippen LogP contribution in [0.3, 0.4) is 0 Å². The van der Waals surface area contributed by atoms with Gasteiger partial charge in [0.2, 0.25) is 0 Å². The summed E-state index contributed by atoms with van der Waals surface area (Å²) in [7, 11) is 0. The summed E-state index contributed by atoms with van der Waals surface area (Å²) < 4.78 is 0. The van der Waals surface area contributed by atoms with Crippen molar-refractivity contribution in [2.75, 3.05) is 39.3 Å². The molecular formula is C16H33N3. The summed E-state index contributed by atoms with van der Waals surface area (Å²) in [6.07, 6.45) is 3.90. The number of rotatable bonds is 5. The minimum absolute atomic E-state index is 0.328. The van der Waals surface area contributed by atoms with Crippen LogP contribution in [0, 0.1) is 5.92 Å². The van der Waals surface area contributed by atoms with Crippen molar-refractivity contribution in [2.45, 2.75) is 58.5 Å². The van der Waals surface area contributed by atoms with Crippen LogP contribution in [-0.4, -0.2) is 60.6 Å². The summed E-state index contributed by atoms with van der Waals surface area (Å²) in [5, 5.41) is 3.77. The Kier molecular flexibility index (Phi) is 5.27. The van der Waals surface area contributed by atoms with E-state index in [0.29, 0.717) is 5.54 Å². The van der Waals surface area contributed by atoms with E-state index in [2.05, 4.69) is 42.8 Å². The molecule has 0 saturated carbocycles. The molecular weight excluding hydrogens is 234 g/mol. The van der Waals surface area contributed by atoms with E-state index in [-0.39, 0.29) is 0 Å². The van der Waals surface area contributed by atoms with Crippen LogP contribution in [0.4, 0.5) is 0 Å². The normalized spacial score (nSPS) is 37.9. The molecule has 0 aromatic carbocycles. The molecule has 3 unspecified atom stereocenters. The van der Waals surface area contributed by atoms with E-state index >= 15 is 0 Å². The van der Waals surface area contributed by atoms with E-state index in [1.807, 2.05) is 0 Å². The Labute approximate surface area is 119 Å². The van der Waals surface area contributed by atoms with Crippen LogP contribution in [0.1, 0.15) is 47.0 Å². The van der Waals surface area contributed by atoms with Crippen molar-refractivity contribution in [3.05, 3.63) is 0 Å². The first kappa shape index (κ1) is 15.3. The van der Waals surface area contributed by atoms with E-state index in [4.69, 9.17) is 0 Å². The van der Waals surface area contributed by atoms with Gasteiger partial charge in [-0.25, -0.2) is 0 Å². The predicted molar refractivity (Wildman–Crippen MR) is 82.6 cm³/mol.